The molecule has 1 aliphatic heterocycles. The van der Waals surface area contributed by atoms with Gasteiger partial charge in [0.05, 0.1) is 31.5 Å². The Bertz CT molecular complexity index is 870. The summed E-state index contributed by atoms with van der Waals surface area (Å²) < 4.78 is 11.3. The first-order valence-electron chi connectivity index (χ1n) is 10.7. The summed E-state index contributed by atoms with van der Waals surface area (Å²) in [6.07, 6.45) is 1.69. The minimum atomic E-state index is -0.623. The van der Waals surface area contributed by atoms with Gasteiger partial charge in [-0.2, -0.15) is 0 Å². The molecule has 2 aromatic rings. The van der Waals surface area contributed by atoms with Gasteiger partial charge < -0.3 is 24.8 Å². The molecule has 1 fully saturated rings. The number of aliphatic hydroxyl groups is 1. The van der Waals surface area contributed by atoms with Crippen LogP contribution in [0.15, 0.2) is 48.5 Å². The Morgan fingerprint density at radius 2 is 1.97 bits per heavy atom. The Morgan fingerprint density at radius 1 is 1.20 bits per heavy atom. The van der Waals surface area contributed by atoms with E-state index >= 15 is 0 Å². The van der Waals surface area contributed by atoms with Crippen LogP contribution >= 0.6 is 0 Å². The van der Waals surface area contributed by atoms with Crippen LogP contribution in [0.1, 0.15) is 31.7 Å². The molecule has 2 unspecified atom stereocenters. The lowest BCUT2D eigenvalue weighted by molar-refractivity contribution is -0.130. The number of methoxy groups -OCH3 is 1. The lowest BCUT2D eigenvalue weighted by Gasteiger charge is -2.38. The second kappa shape index (κ2) is 8.96. The summed E-state index contributed by atoms with van der Waals surface area (Å²) in [7, 11) is 1.65. The third-order valence-corrected chi connectivity index (χ3v) is 6.18. The van der Waals surface area contributed by atoms with Gasteiger partial charge in [-0.25, -0.2) is 0 Å². The largest absolute Gasteiger partial charge is 0.497 e. The zero-order valence-electron chi connectivity index (χ0n) is 17.6. The number of fused-ring (bicyclic) bond motifs is 1. The van der Waals surface area contributed by atoms with E-state index in [9.17, 15) is 9.90 Å². The smallest absolute Gasteiger partial charge is 0.263 e. The van der Waals surface area contributed by atoms with Crippen molar-refractivity contribution in [3.63, 3.8) is 0 Å². The summed E-state index contributed by atoms with van der Waals surface area (Å²) in [5, 5.41) is 13.5. The van der Waals surface area contributed by atoms with E-state index in [0.29, 0.717) is 18.8 Å². The van der Waals surface area contributed by atoms with Crippen molar-refractivity contribution in [2.24, 2.45) is 5.92 Å². The fourth-order valence-corrected chi connectivity index (χ4v) is 4.38. The van der Waals surface area contributed by atoms with Gasteiger partial charge in [0.25, 0.3) is 5.91 Å². The highest BCUT2D eigenvalue weighted by Crippen LogP contribution is 2.34. The molecule has 1 saturated carbocycles. The zero-order chi connectivity index (χ0) is 21.1. The Balaban J connectivity index is 1.49. The molecule has 0 spiro atoms. The number of carbonyl (C=O) groups excluding carboxylic acids is 1. The van der Waals surface area contributed by atoms with E-state index in [2.05, 4.69) is 10.2 Å². The lowest BCUT2D eigenvalue weighted by Crippen LogP contribution is -2.55. The number of ether oxygens (including phenoxy) is 2. The van der Waals surface area contributed by atoms with Crippen molar-refractivity contribution in [3.8, 4) is 11.5 Å². The van der Waals surface area contributed by atoms with E-state index < -0.39 is 12.2 Å². The first-order valence-corrected chi connectivity index (χ1v) is 10.7. The van der Waals surface area contributed by atoms with Crippen molar-refractivity contribution >= 4 is 11.6 Å². The molecular weight excluding hydrogens is 380 g/mol. The molecule has 4 atom stereocenters. The van der Waals surface area contributed by atoms with E-state index in [-0.39, 0.29) is 17.9 Å². The highest BCUT2D eigenvalue weighted by atomic mass is 16.5. The molecule has 0 aromatic heterocycles. The number of nitrogens with one attached hydrogen (secondary N) is 1. The SMILES string of the molecule is COc1ccc(CN2CC(C(=O)N[C@H]3CCCC(C)[C@@H]3O)Oc3ccccc32)cc1. The molecule has 2 aromatic carbocycles. The first kappa shape index (κ1) is 20.5. The van der Waals surface area contributed by atoms with Crippen molar-refractivity contribution in [3.05, 3.63) is 54.1 Å². The summed E-state index contributed by atoms with van der Waals surface area (Å²) in [6, 6.07) is 15.5. The normalized spacial score (nSPS) is 25.8. The number of nitrogens with zero attached hydrogens (tertiary/aromatic N) is 1. The van der Waals surface area contributed by atoms with E-state index in [0.717, 1.165) is 36.3 Å². The molecule has 160 valence electrons. The van der Waals surface area contributed by atoms with Crippen LogP contribution in [-0.4, -0.2) is 42.9 Å². The van der Waals surface area contributed by atoms with Crippen LogP contribution in [0.5, 0.6) is 11.5 Å². The van der Waals surface area contributed by atoms with E-state index in [4.69, 9.17) is 9.47 Å². The maximum atomic E-state index is 13.0. The van der Waals surface area contributed by atoms with Crippen molar-refractivity contribution in [1.29, 1.82) is 0 Å². The van der Waals surface area contributed by atoms with Crippen molar-refractivity contribution in [2.75, 3.05) is 18.6 Å². The van der Waals surface area contributed by atoms with Crippen LogP contribution in [0.3, 0.4) is 0 Å². The second-order valence-electron chi connectivity index (χ2n) is 8.32. The molecule has 1 heterocycles. The van der Waals surface area contributed by atoms with Gasteiger partial charge in [-0.15, -0.1) is 0 Å². The van der Waals surface area contributed by atoms with Gasteiger partial charge in [-0.05, 0) is 48.6 Å². The van der Waals surface area contributed by atoms with E-state index in [1.54, 1.807) is 7.11 Å². The number of carbonyl (C=O) groups is 1. The van der Waals surface area contributed by atoms with Crippen LogP contribution in [0.2, 0.25) is 0 Å². The fraction of sp³-hybridized carbons (Fsp3) is 0.458. The van der Waals surface area contributed by atoms with Crippen LogP contribution in [0.25, 0.3) is 0 Å². The van der Waals surface area contributed by atoms with Crippen LogP contribution in [0, 0.1) is 5.92 Å². The summed E-state index contributed by atoms with van der Waals surface area (Å²) in [5.41, 5.74) is 2.10. The topological polar surface area (TPSA) is 71.0 Å². The monoisotopic (exact) mass is 410 g/mol. The van der Waals surface area contributed by atoms with Crippen molar-refractivity contribution in [2.45, 2.75) is 51.0 Å². The molecule has 6 heteroatoms. The first-order chi connectivity index (χ1) is 14.5. The van der Waals surface area contributed by atoms with Crippen LogP contribution < -0.4 is 19.7 Å². The van der Waals surface area contributed by atoms with Crippen LogP contribution in [0.4, 0.5) is 5.69 Å². The molecule has 30 heavy (non-hydrogen) atoms. The van der Waals surface area contributed by atoms with Gasteiger partial charge in [0.2, 0.25) is 0 Å². The third-order valence-electron chi connectivity index (χ3n) is 6.18. The second-order valence-corrected chi connectivity index (χ2v) is 8.32. The number of hydrogen-bond acceptors (Lipinski definition) is 5. The standard InChI is InChI=1S/C24H30N2O4/c1-16-6-5-7-19(23(16)27)25-24(28)22-15-26(20-8-3-4-9-21(20)30-22)14-17-10-12-18(29-2)13-11-17/h3-4,8-13,16,19,22-23,27H,5-7,14-15H2,1-2H3,(H,25,28)/t16?,19-,22?,23-/m0/s1. The maximum absolute atomic E-state index is 13.0. The molecule has 0 saturated heterocycles. The number of rotatable bonds is 5. The minimum Gasteiger partial charge on any atom is -0.497 e. The fourth-order valence-electron chi connectivity index (χ4n) is 4.38. The predicted octanol–water partition coefficient (Wildman–Crippen LogP) is 3.13. The Labute approximate surface area is 177 Å². The number of amides is 1. The van der Waals surface area contributed by atoms with Gasteiger partial charge in [-0.1, -0.05) is 37.6 Å². The Morgan fingerprint density at radius 3 is 2.73 bits per heavy atom. The van der Waals surface area contributed by atoms with Gasteiger partial charge in [-0.3, -0.25) is 4.79 Å². The predicted molar refractivity (Wildman–Crippen MR) is 116 cm³/mol. The van der Waals surface area contributed by atoms with Crippen molar-refractivity contribution in [1.82, 2.24) is 5.32 Å². The highest BCUT2D eigenvalue weighted by molar-refractivity contribution is 5.83. The third kappa shape index (κ3) is 4.38. The van der Waals surface area contributed by atoms with Crippen LogP contribution in [-0.2, 0) is 11.3 Å². The molecule has 4 rings (SSSR count). The molecule has 6 nitrogen and oxygen atoms in total. The summed E-state index contributed by atoms with van der Waals surface area (Å²) in [6.45, 7) is 3.15. The average Bonchev–Trinajstić information content (AvgIpc) is 2.77. The summed E-state index contributed by atoms with van der Waals surface area (Å²) in [5.74, 6) is 1.56. The minimum absolute atomic E-state index is 0.164. The quantitative estimate of drug-likeness (QED) is 0.793. The molecule has 2 aliphatic rings. The number of aliphatic hydroxyl groups excluding tert-OH is 1. The Kier molecular flexibility index (Phi) is 6.13. The van der Waals surface area contributed by atoms with Gasteiger partial charge >= 0.3 is 0 Å². The molecule has 0 bridgehead atoms. The van der Waals surface area contributed by atoms with Gasteiger partial charge in [0.15, 0.2) is 6.10 Å². The van der Waals surface area contributed by atoms with Gasteiger partial charge in [0, 0.05) is 6.54 Å². The number of hydrogen-bond donors (Lipinski definition) is 2. The maximum Gasteiger partial charge on any atom is 0.263 e. The van der Waals surface area contributed by atoms with E-state index in [1.165, 1.54) is 0 Å². The lowest BCUT2D eigenvalue weighted by atomic mass is 9.84. The average molecular weight is 411 g/mol. The van der Waals surface area contributed by atoms with E-state index in [1.807, 2.05) is 55.5 Å². The Hall–Kier alpha value is -2.73. The number of para-hydroxylation sites is 2. The number of benzene rings is 2. The summed E-state index contributed by atoms with van der Waals surface area (Å²) in [4.78, 5) is 15.2. The zero-order valence-corrected chi connectivity index (χ0v) is 17.6. The van der Waals surface area contributed by atoms with Gasteiger partial charge in [0.1, 0.15) is 11.5 Å². The summed E-state index contributed by atoms with van der Waals surface area (Å²) >= 11 is 0. The molecule has 2 N–H and O–H groups in total. The molecule has 0 radical (unpaired) electrons. The highest BCUT2D eigenvalue weighted by Gasteiger charge is 2.35. The van der Waals surface area contributed by atoms with Crippen molar-refractivity contribution < 1.29 is 19.4 Å². The molecular formula is C24H30N2O4. The molecule has 1 amide bonds. The molecule has 1 aliphatic carbocycles. The number of anilines is 1.